The Bertz CT molecular complexity index is 3350. The minimum atomic E-state index is 0.0224. The first-order valence-electron chi connectivity index (χ1n) is 26.6. The van der Waals surface area contributed by atoms with Crippen LogP contribution in [0.4, 0.5) is 29.1 Å². The van der Waals surface area contributed by atoms with Gasteiger partial charge >= 0.3 is 0 Å². The minimum Gasteiger partial charge on any atom is -0.395 e. The van der Waals surface area contributed by atoms with E-state index in [1.54, 1.807) is 27.5 Å². The van der Waals surface area contributed by atoms with Crippen LogP contribution in [-0.4, -0.2) is 149 Å². The number of hydrogen-bond donors (Lipinski definition) is 2. The lowest BCUT2D eigenvalue weighted by atomic mass is 10.1. The number of nitrogens with zero attached hydrogens (tertiary/aromatic N) is 15. The van der Waals surface area contributed by atoms with Gasteiger partial charge in [-0.3, -0.25) is 0 Å². The molecule has 0 saturated carbocycles. The number of halogens is 5. The summed E-state index contributed by atoms with van der Waals surface area (Å²) < 4.78 is 9.02. The van der Waals surface area contributed by atoms with Crippen LogP contribution in [0, 0.1) is 0 Å². The van der Waals surface area contributed by atoms with Crippen LogP contribution in [0.25, 0.3) is 27.6 Å². The molecule has 0 unspecified atom stereocenters. The Morgan fingerprint density at radius 3 is 1.06 bits per heavy atom. The first-order chi connectivity index (χ1) is 38.4. The van der Waals surface area contributed by atoms with Crippen LogP contribution in [0.2, 0.25) is 25.1 Å². The average molecular weight is 1190 g/mol. The number of rotatable bonds is 9. The maximum absolute atomic E-state index is 8.96. The third-order valence-corrected chi connectivity index (χ3v) is 15.6. The lowest BCUT2D eigenvalue weighted by molar-refractivity contribution is 0.280. The summed E-state index contributed by atoms with van der Waals surface area (Å²) in [7, 11) is 3.92. The predicted octanol–water partition coefficient (Wildman–Crippen LogP) is 11.7. The number of aliphatic hydroxyl groups excluding tert-OH is 2. The van der Waals surface area contributed by atoms with Crippen molar-refractivity contribution in [3.05, 3.63) is 147 Å². The zero-order valence-corrected chi connectivity index (χ0v) is 49.0. The molecule has 2 N–H and O–H groups in total. The van der Waals surface area contributed by atoms with Gasteiger partial charge in [-0.2, -0.15) is 37.3 Å². The molecular formula is C56H66Cl5N15O2S. The molecule has 13 heterocycles. The molecule has 3 aliphatic heterocycles. The maximum Gasteiger partial charge on any atom is 0.151 e. The van der Waals surface area contributed by atoms with Gasteiger partial charge in [-0.05, 0) is 92.8 Å². The second kappa shape index (κ2) is 28.0. The highest BCUT2D eigenvalue weighted by Crippen LogP contribution is 2.25. The molecule has 10 aromatic heterocycles. The van der Waals surface area contributed by atoms with Crippen molar-refractivity contribution >= 4 is 126 Å². The van der Waals surface area contributed by atoms with Crippen LogP contribution in [0.15, 0.2) is 122 Å². The molecule has 0 radical (unpaired) electrons. The van der Waals surface area contributed by atoms with Crippen molar-refractivity contribution in [1.82, 2.24) is 48.1 Å². The van der Waals surface area contributed by atoms with Crippen LogP contribution < -0.4 is 24.5 Å². The van der Waals surface area contributed by atoms with Crippen LogP contribution >= 0.6 is 69.8 Å². The van der Waals surface area contributed by atoms with E-state index in [1.807, 2.05) is 135 Å². The van der Waals surface area contributed by atoms with Crippen molar-refractivity contribution in [2.45, 2.75) is 44.9 Å². The number of thioether (sulfide) groups is 1. The van der Waals surface area contributed by atoms with E-state index in [1.165, 1.54) is 56.5 Å². The van der Waals surface area contributed by atoms with Crippen molar-refractivity contribution < 1.29 is 10.2 Å². The molecule has 23 heteroatoms. The summed E-state index contributed by atoms with van der Waals surface area (Å²) in [6.07, 6.45) is 18.2. The highest BCUT2D eigenvalue weighted by molar-refractivity contribution is 7.99. The van der Waals surface area contributed by atoms with Crippen molar-refractivity contribution in [3.8, 4) is 0 Å². The molecule has 0 atom stereocenters. The van der Waals surface area contributed by atoms with Crippen molar-refractivity contribution in [3.63, 3.8) is 0 Å². The van der Waals surface area contributed by atoms with Gasteiger partial charge in [-0.25, -0.2) is 22.6 Å². The van der Waals surface area contributed by atoms with Gasteiger partial charge in [-0.1, -0.05) is 70.8 Å². The summed E-state index contributed by atoms with van der Waals surface area (Å²) in [6, 6.07) is 29.5. The van der Waals surface area contributed by atoms with Gasteiger partial charge < -0.3 is 34.7 Å². The molecule has 0 aliphatic carbocycles. The molecule has 3 fully saturated rings. The zero-order chi connectivity index (χ0) is 55.3. The van der Waals surface area contributed by atoms with E-state index in [0.29, 0.717) is 23.1 Å². The monoisotopic (exact) mass is 1190 g/mol. The van der Waals surface area contributed by atoms with E-state index in [4.69, 9.17) is 68.2 Å². The van der Waals surface area contributed by atoms with Crippen LogP contribution in [0.5, 0.6) is 0 Å². The van der Waals surface area contributed by atoms with Crippen LogP contribution in [-0.2, 0) is 0 Å². The Hall–Kier alpha value is -5.83. The normalized spacial score (nSPS) is 14.7. The van der Waals surface area contributed by atoms with Gasteiger partial charge in [-0.15, -0.1) is 0 Å². The molecule has 3 saturated heterocycles. The van der Waals surface area contributed by atoms with Gasteiger partial charge in [0, 0.05) is 139 Å². The summed E-state index contributed by atoms with van der Waals surface area (Å²) in [4.78, 5) is 10.8. The summed E-state index contributed by atoms with van der Waals surface area (Å²) >= 11 is 31.6. The Morgan fingerprint density at radius 2 is 0.709 bits per heavy atom. The average Bonchev–Trinajstić information content (AvgIpc) is 4.34. The lowest BCUT2D eigenvalue weighted by Gasteiger charge is -2.26. The Labute approximate surface area is 489 Å². The highest BCUT2D eigenvalue weighted by Gasteiger charge is 2.17. The second-order valence-electron chi connectivity index (χ2n) is 19.5. The standard InChI is InChI=1S/C13H16ClN3.C12H14ClN3.C11H14ClN3O2.C11H12ClN3S.C9H10ClN3/c14-11-5-6-12-9-13(15-17(12)10-11)16-7-3-1-2-4-8-16;13-10-4-5-11-8-12(14-16(11)9-10)15-6-2-1-3-7-15;12-9-1-2-10-7-11(13-15(10)8-9)14(3-5-16)4-6-17;12-9-1-2-10-7-11(13-15(10)8-9)14-3-5-16-6-4-14;1-12(2)9-5-8-4-3-7(10)6-13(8)11-9/h5-6,9-10H,1-4,7-8H2;4-5,8-9H,1-3,6-7H2;1-2,7-8,16-17H,3-6H2;1-2,7-8H,3-6H2;3-6H,1-2H3. The number of hydrogen-bond acceptors (Lipinski definition) is 13. The number of aromatic nitrogens is 10. The Balaban J connectivity index is 0.000000120. The van der Waals surface area contributed by atoms with E-state index < -0.39 is 0 Å². The lowest BCUT2D eigenvalue weighted by Crippen LogP contribution is -2.32. The highest BCUT2D eigenvalue weighted by atomic mass is 35.5. The number of anilines is 5. The number of piperidine rings is 1. The molecule has 418 valence electrons. The zero-order valence-electron chi connectivity index (χ0n) is 44.4. The van der Waals surface area contributed by atoms with Gasteiger partial charge in [0.15, 0.2) is 29.1 Å². The van der Waals surface area contributed by atoms with Crippen molar-refractivity contribution in [1.29, 1.82) is 0 Å². The number of aliphatic hydroxyl groups is 2. The molecule has 10 aromatic rings. The van der Waals surface area contributed by atoms with Crippen LogP contribution in [0.3, 0.4) is 0 Å². The minimum absolute atomic E-state index is 0.0224. The van der Waals surface area contributed by atoms with Gasteiger partial charge in [0.05, 0.1) is 65.9 Å². The summed E-state index contributed by atoms with van der Waals surface area (Å²) in [6.45, 7) is 7.59. The fourth-order valence-electron chi connectivity index (χ4n) is 9.37. The molecular weight excluding hydrogens is 1120 g/mol. The van der Waals surface area contributed by atoms with Gasteiger partial charge in [0.2, 0.25) is 0 Å². The molecule has 0 bridgehead atoms. The summed E-state index contributed by atoms with van der Waals surface area (Å²) in [5.74, 6) is 7.24. The molecule has 13 rings (SSSR count). The third-order valence-electron chi connectivity index (χ3n) is 13.5. The van der Waals surface area contributed by atoms with E-state index in [-0.39, 0.29) is 13.2 Å². The third kappa shape index (κ3) is 15.8. The molecule has 0 spiro atoms. The molecule has 79 heavy (non-hydrogen) atoms. The smallest absolute Gasteiger partial charge is 0.151 e. The molecule has 3 aliphatic rings. The number of pyridine rings is 5. The summed E-state index contributed by atoms with van der Waals surface area (Å²) in [5.41, 5.74) is 5.27. The quantitative estimate of drug-likeness (QED) is 0.142. The van der Waals surface area contributed by atoms with E-state index in [9.17, 15) is 0 Å². The van der Waals surface area contributed by atoms with E-state index in [2.05, 4.69) is 58.4 Å². The number of fused-ring (bicyclic) bond motifs is 5. The Kier molecular flexibility index (Phi) is 20.5. The van der Waals surface area contributed by atoms with Crippen molar-refractivity contribution in [2.75, 3.05) is 116 Å². The summed E-state index contributed by atoms with van der Waals surface area (Å²) in [5, 5.41) is 43.8. The van der Waals surface area contributed by atoms with Gasteiger partial charge in [0.1, 0.15) is 0 Å². The first kappa shape index (κ1) is 57.8. The molecule has 17 nitrogen and oxygen atoms in total. The topological polar surface area (TPSA) is 143 Å². The van der Waals surface area contributed by atoms with Gasteiger partial charge in [0.25, 0.3) is 0 Å². The SMILES string of the molecule is CN(C)c1cc2ccc(Cl)cn2n1.Clc1ccc2cc(N3CCCCC3)nn2c1.Clc1ccc2cc(N3CCCCCC3)nn2c1.Clc1ccc2cc(N3CCSCC3)nn2c1.OCCN(CCO)c1cc2ccc(Cl)cn2n1. The first-order valence-corrected chi connectivity index (χ1v) is 29.7. The fraction of sp³-hybridized carbons (Fsp3) is 0.375. The second-order valence-corrected chi connectivity index (χ2v) is 22.9. The largest absolute Gasteiger partial charge is 0.395 e. The fourth-order valence-corrected chi connectivity index (χ4v) is 11.1. The predicted molar refractivity (Wildman–Crippen MR) is 328 cm³/mol. The van der Waals surface area contributed by atoms with Crippen LogP contribution in [0.1, 0.15) is 44.9 Å². The van der Waals surface area contributed by atoms with Crippen molar-refractivity contribution in [2.24, 2.45) is 0 Å². The van der Waals surface area contributed by atoms with E-state index >= 15 is 0 Å². The molecule has 0 amide bonds. The molecule has 0 aromatic carbocycles. The van der Waals surface area contributed by atoms with E-state index in [0.717, 1.165) is 111 Å². The Morgan fingerprint density at radius 1 is 0.405 bits per heavy atom. The maximum atomic E-state index is 8.96.